The van der Waals surface area contributed by atoms with Crippen LogP contribution in [-0.2, 0) is 27.9 Å². The number of piperidine rings is 1. The third-order valence-electron chi connectivity index (χ3n) is 5.37. The average Bonchev–Trinajstić information content (AvgIpc) is 3.03. The maximum absolute atomic E-state index is 12.9. The van der Waals surface area contributed by atoms with E-state index < -0.39 is 10.0 Å². The molecule has 7 nitrogen and oxygen atoms in total. The third kappa shape index (κ3) is 5.99. The Bertz CT molecular complexity index is 1090. The maximum atomic E-state index is 12.9. The van der Waals surface area contributed by atoms with Crippen LogP contribution in [0.15, 0.2) is 35.2 Å². The van der Waals surface area contributed by atoms with Crippen molar-refractivity contribution < 1.29 is 13.2 Å². The number of carbonyl (C=O) groups is 1. The van der Waals surface area contributed by atoms with Gasteiger partial charge in [-0.05, 0) is 49.5 Å². The van der Waals surface area contributed by atoms with E-state index in [2.05, 4.69) is 24.3 Å². The highest BCUT2D eigenvalue weighted by Gasteiger charge is 2.25. The monoisotopic (exact) mass is 478 g/mol. The Morgan fingerprint density at radius 1 is 1.25 bits per heavy atom. The maximum Gasteiger partial charge on any atom is 0.244 e. The number of hydrogen-bond donors (Lipinski definition) is 1. The van der Waals surface area contributed by atoms with Gasteiger partial charge in [0.15, 0.2) is 0 Å². The van der Waals surface area contributed by atoms with Gasteiger partial charge in [0.1, 0.15) is 5.15 Å². The molecule has 1 N–H and O–H groups in total. The molecular formula is C23H31ClN4O3S. The molecule has 0 bridgehead atoms. The van der Waals surface area contributed by atoms with E-state index in [1.807, 2.05) is 6.92 Å². The molecule has 9 heteroatoms. The summed E-state index contributed by atoms with van der Waals surface area (Å²) in [5.74, 6) is 0.114. The van der Waals surface area contributed by atoms with E-state index in [-0.39, 0.29) is 17.3 Å². The Kier molecular flexibility index (Phi) is 8.14. The van der Waals surface area contributed by atoms with Gasteiger partial charge in [0, 0.05) is 37.8 Å². The minimum atomic E-state index is -3.50. The highest BCUT2D eigenvalue weighted by atomic mass is 35.5. The Morgan fingerprint density at radius 3 is 2.66 bits per heavy atom. The molecule has 1 aliphatic heterocycles. The second-order valence-corrected chi connectivity index (χ2v) is 10.8. The number of nitrogens with one attached hydrogen (secondary N) is 1. The fraction of sp³-hybridized carbons (Fsp3) is 0.478. The van der Waals surface area contributed by atoms with Crippen molar-refractivity contribution in [3.05, 3.63) is 52.3 Å². The van der Waals surface area contributed by atoms with E-state index in [0.29, 0.717) is 30.7 Å². The van der Waals surface area contributed by atoms with E-state index in [4.69, 9.17) is 11.6 Å². The molecule has 3 rings (SSSR count). The Morgan fingerprint density at radius 2 is 1.97 bits per heavy atom. The van der Waals surface area contributed by atoms with Crippen LogP contribution < -0.4 is 5.32 Å². The van der Waals surface area contributed by atoms with Gasteiger partial charge in [0.2, 0.25) is 15.9 Å². The third-order valence-corrected chi connectivity index (χ3v) is 7.66. The van der Waals surface area contributed by atoms with Crippen molar-refractivity contribution in [2.24, 2.45) is 5.92 Å². The molecule has 174 valence electrons. The van der Waals surface area contributed by atoms with Crippen LogP contribution in [0.5, 0.6) is 0 Å². The zero-order valence-corrected chi connectivity index (χ0v) is 20.4. The Balaban J connectivity index is 1.63. The molecule has 0 unspecified atom stereocenters. The molecule has 1 aromatic heterocycles. The van der Waals surface area contributed by atoms with Gasteiger partial charge in [-0.15, -0.1) is 0 Å². The molecule has 2 aromatic rings. The normalized spacial score (nSPS) is 15.5. The van der Waals surface area contributed by atoms with Crippen LogP contribution in [0.3, 0.4) is 0 Å². The first-order chi connectivity index (χ1) is 15.2. The number of halogens is 1. The van der Waals surface area contributed by atoms with Crippen LogP contribution in [0, 0.1) is 12.8 Å². The lowest BCUT2D eigenvalue weighted by atomic mass is 10.2. The number of amides is 1. The summed E-state index contributed by atoms with van der Waals surface area (Å²) >= 11 is 6.41. The summed E-state index contributed by atoms with van der Waals surface area (Å²) in [6, 6.07) is 6.75. The lowest BCUT2D eigenvalue weighted by Crippen LogP contribution is -2.35. The summed E-state index contributed by atoms with van der Waals surface area (Å²) in [6.45, 7) is 8.08. The van der Waals surface area contributed by atoms with Gasteiger partial charge >= 0.3 is 0 Å². The number of carbonyl (C=O) groups excluding carboxylic acids is 1. The molecular weight excluding hydrogens is 448 g/mol. The number of rotatable bonds is 8. The SMILES string of the molecule is Cc1nn(CC(C)C)c(Cl)c1/C=C/C(=O)NCc1cccc(S(=O)(=O)N2CCCCC2)c1. The predicted molar refractivity (Wildman–Crippen MR) is 127 cm³/mol. The van der Waals surface area contributed by atoms with Crippen LogP contribution in [-0.4, -0.2) is 41.5 Å². The number of aromatic nitrogens is 2. The van der Waals surface area contributed by atoms with Crippen LogP contribution in [0.4, 0.5) is 0 Å². The predicted octanol–water partition coefficient (Wildman–Crippen LogP) is 4.01. The van der Waals surface area contributed by atoms with E-state index in [9.17, 15) is 13.2 Å². The molecule has 1 aromatic carbocycles. The number of aryl methyl sites for hydroxylation is 1. The fourth-order valence-corrected chi connectivity index (χ4v) is 5.60. The van der Waals surface area contributed by atoms with Crippen molar-refractivity contribution in [3.63, 3.8) is 0 Å². The summed E-state index contributed by atoms with van der Waals surface area (Å²) < 4.78 is 29.0. The second-order valence-electron chi connectivity index (χ2n) is 8.53. The molecule has 1 saturated heterocycles. The molecule has 0 aliphatic carbocycles. The second kappa shape index (κ2) is 10.6. The molecule has 0 saturated carbocycles. The van der Waals surface area contributed by atoms with Crippen molar-refractivity contribution in [2.75, 3.05) is 13.1 Å². The molecule has 0 atom stereocenters. The summed E-state index contributed by atoms with van der Waals surface area (Å²) in [5, 5.41) is 7.74. The van der Waals surface area contributed by atoms with Gasteiger partial charge in [-0.1, -0.05) is 44.0 Å². The van der Waals surface area contributed by atoms with Crippen LogP contribution in [0.2, 0.25) is 5.15 Å². The van der Waals surface area contributed by atoms with Crippen LogP contribution in [0.1, 0.15) is 49.9 Å². The lowest BCUT2D eigenvalue weighted by molar-refractivity contribution is -0.116. The smallest absolute Gasteiger partial charge is 0.244 e. The zero-order chi connectivity index (χ0) is 23.3. The fourth-order valence-electron chi connectivity index (χ4n) is 3.70. The van der Waals surface area contributed by atoms with E-state index in [1.165, 1.54) is 6.08 Å². The van der Waals surface area contributed by atoms with Gasteiger partial charge in [0.25, 0.3) is 0 Å². The minimum absolute atomic E-state index is 0.228. The average molecular weight is 479 g/mol. The molecule has 1 fully saturated rings. The lowest BCUT2D eigenvalue weighted by Gasteiger charge is -2.26. The molecule has 32 heavy (non-hydrogen) atoms. The summed E-state index contributed by atoms with van der Waals surface area (Å²) in [4.78, 5) is 12.6. The largest absolute Gasteiger partial charge is 0.348 e. The molecule has 0 radical (unpaired) electrons. The van der Waals surface area contributed by atoms with Gasteiger partial charge in [-0.25, -0.2) is 8.42 Å². The highest BCUT2D eigenvalue weighted by Crippen LogP contribution is 2.23. The van der Waals surface area contributed by atoms with Crippen LogP contribution in [0.25, 0.3) is 6.08 Å². The van der Waals surface area contributed by atoms with E-state index in [1.54, 1.807) is 39.3 Å². The summed E-state index contributed by atoms with van der Waals surface area (Å²) in [6.07, 6.45) is 5.93. The van der Waals surface area contributed by atoms with Gasteiger partial charge in [-0.2, -0.15) is 9.40 Å². The number of sulfonamides is 1. The van der Waals surface area contributed by atoms with E-state index in [0.717, 1.165) is 36.1 Å². The van der Waals surface area contributed by atoms with Gasteiger partial charge < -0.3 is 5.32 Å². The van der Waals surface area contributed by atoms with E-state index >= 15 is 0 Å². The van der Waals surface area contributed by atoms with Crippen LogP contribution >= 0.6 is 11.6 Å². The molecule has 2 heterocycles. The number of nitrogens with zero attached hydrogens (tertiary/aromatic N) is 3. The first kappa shape index (κ1) is 24.5. The zero-order valence-electron chi connectivity index (χ0n) is 18.8. The molecule has 1 aliphatic rings. The van der Waals surface area contributed by atoms with Crippen molar-refractivity contribution in [2.45, 2.75) is 58.0 Å². The van der Waals surface area contributed by atoms with Crippen molar-refractivity contribution >= 4 is 33.6 Å². The molecule has 0 spiro atoms. The number of hydrogen-bond acceptors (Lipinski definition) is 4. The van der Waals surface area contributed by atoms with Gasteiger partial charge in [-0.3, -0.25) is 9.48 Å². The standard InChI is InChI=1S/C23H31ClN4O3S/c1-17(2)16-28-23(24)21(18(3)26-28)10-11-22(29)25-15-19-8-7-9-20(14-19)32(30,31)27-12-5-4-6-13-27/h7-11,14,17H,4-6,12-13,15-16H2,1-3H3,(H,25,29)/b11-10+. The van der Waals surface area contributed by atoms with Gasteiger partial charge in [0.05, 0.1) is 10.6 Å². The summed E-state index contributed by atoms with van der Waals surface area (Å²) in [5.41, 5.74) is 2.20. The Labute approximate surface area is 195 Å². The highest BCUT2D eigenvalue weighted by molar-refractivity contribution is 7.89. The minimum Gasteiger partial charge on any atom is -0.348 e. The first-order valence-corrected chi connectivity index (χ1v) is 12.8. The topological polar surface area (TPSA) is 84.3 Å². The quantitative estimate of drug-likeness (QED) is 0.581. The number of benzene rings is 1. The Hall–Kier alpha value is -2.16. The van der Waals surface area contributed by atoms with Crippen molar-refractivity contribution in [3.8, 4) is 0 Å². The first-order valence-electron chi connectivity index (χ1n) is 11.0. The van der Waals surface area contributed by atoms with Crippen molar-refractivity contribution in [1.82, 2.24) is 19.4 Å². The molecule has 1 amide bonds. The van der Waals surface area contributed by atoms with Crippen molar-refractivity contribution in [1.29, 1.82) is 0 Å². The summed E-state index contributed by atoms with van der Waals surface area (Å²) in [7, 11) is -3.50.